The van der Waals surface area contributed by atoms with Crippen molar-refractivity contribution >= 4 is 11.6 Å². The Labute approximate surface area is 64.0 Å². The first-order chi connectivity index (χ1) is 4.84. The summed E-state index contributed by atoms with van der Waals surface area (Å²) in [5, 5.41) is 0.407. The largest absolute Gasteiger partial charge is 0.378 e. The summed E-state index contributed by atoms with van der Waals surface area (Å²) in [7, 11) is 1.59. The van der Waals surface area contributed by atoms with E-state index in [1.165, 1.54) is 0 Å². The van der Waals surface area contributed by atoms with Crippen molar-refractivity contribution in [2.75, 3.05) is 7.11 Å². The molecule has 1 rings (SSSR count). The van der Waals surface area contributed by atoms with Gasteiger partial charge in [0.25, 0.3) is 0 Å². The Kier molecular flexibility index (Phi) is 2.59. The molecule has 10 heavy (non-hydrogen) atoms. The molecule has 0 saturated heterocycles. The summed E-state index contributed by atoms with van der Waals surface area (Å²) in [4.78, 5) is 7.77. The second kappa shape index (κ2) is 3.49. The quantitative estimate of drug-likeness (QED) is 0.651. The maximum Gasteiger partial charge on any atom is 0.152 e. The van der Waals surface area contributed by atoms with Gasteiger partial charge in [-0.2, -0.15) is 0 Å². The number of nitrogens with zero attached hydrogens (tertiary/aromatic N) is 2. The van der Waals surface area contributed by atoms with Crippen LogP contribution in [-0.2, 0) is 11.3 Å². The molecule has 1 aromatic rings. The highest BCUT2D eigenvalue weighted by Gasteiger charge is 1.98. The molecule has 0 aliphatic rings. The number of hydrogen-bond donors (Lipinski definition) is 0. The molecule has 54 valence electrons. The number of ether oxygens (including phenoxy) is 1. The topological polar surface area (TPSA) is 35.0 Å². The number of aromatic nitrogens is 2. The molecule has 0 saturated carbocycles. The van der Waals surface area contributed by atoms with Crippen molar-refractivity contribution in [3.63, 3.8) is 0 Å². The Balaban J connectivity index is 2.81. The number of methoxy groups -OCH3 is 1. The lowest BCUT2D eigenvalue weighted by atomic mass is 10.5. The Hall–Kier alpha value is -0.670. The maximum absolute atomic E-state index is 5.65. The molecule has 1 aromatic heterocycles. The van der Waals surface area contributed by atoms with E-state index in [9.17, 15) is 0 Å². The van der Waals surface area contributed by atoms with Gasteiger partial charge in [0.1, 0.15) is 5.69 Å². The highest BCUT2D eigenvalue weighted by Crippen LogP contribution is 2.08. The van der Waals surface area contributed by atoms with Crippen molar-refractivity contribution in [2.24, 2.45) is 0 Å². The fraction of sp³-hybridized carbons (Fsp3) is 0.333. The van der Waals surface area contributed by atoms with Gasteiger partial charge in [0, 0.05) is 19.5 Å². The Morgan fingerprint density at radius 2 is 2.20 bits per heavy atom. The molecule has 0 fully saturated rings. The first-order valence-electron chi connectivity index (χ1n) is 2.79. The predicted octanol–water partition coefficient (Wildman–Crippen LogP) is 1.28. The van der Waals surface area contributed by atoms with Crippen LogP contribution in [0.4, 0.5) is 0 Å². The van der Waals surface area contributed by atoms with Crippen LogP contribution in [0.5, 0.6) is 0 Å². The summed E-state index contributed by atoms with van der Waals surface area (Å²) in [6.07, 6.45) is 3.13. The number of halogens is 1. The van der Waals surface area contributed by atoms with Crippen molar-refractivity contribution in [2.45, 2.75) is 6.61 Å². The summed E-state index contributed by atoms with van der Waals surface area (Å²) in [5.41, 5.74) is 0.673. The molecule has 0 radical (unpaired) electrons. The summed E-state index contributed by atoms with van der Waals surface area (Å²) >= 11 is 5.65. The first-order valence-corrected chi connectivity index (χ1v) is 3.16. The Morgan fingerprint density at radius 3 is 2.80 bits per heavy atom. The van der Waals surface area contributed by atoms with Gasteiger partial charge in [0.2, 0.25) is 0 Å². The smallest absolute Gasteiger partial charge is 0.152 e. The zero-order valence-electron chi connectivity index (χ0n) is 5.54. The van der Waals surface area contributed by atoms with Crippen molar-refractivity contribution in [3.05, 3.63) is 23.2 Å². The van der Waals surface area contributed by atoms with E-state index in [1.807, 2.05) is 0 Å². The molecule has 0 aromatic carbocycles. The predicted molar refractivity (Wildman–Crippen MR) is 37.8 cm³/mol. The van der Waals surface area contributed by atoms with E-state index in [0.717, 1.165) is 0 Å². The molecule has 0 spiro atoms. The summed E-state index contributed by atoms with van der Waals surface area (Å²) in [6, 6.07) is 0. The molecule has 0 N–H and O–H groups in total. The third-order valence-electron chi connectivity index (χ3n) is 1.00. The van der Waals surface area contributed by atoms with E-state index < -0.39 is 0 Å². The lowest BCUT2D eigenvalue weighted by Crippen LogP contribution is -1.93. The minimum Gasteiger partial charge on any atom is -0.378 e. The molecule has 0 amide bonds. The highest BCUT2D eigenvalue weighted by atomic mass is 35.5. The van der Waals surface area contributed by atoms with Gasteiger partial charge >= 0.3 is 0 Å². The highest BCUT2D eigenvalue weighted by molar-refractivity contribution is 6.29. The fourth-order valence-electron chi connectivity index (χ4n) is 0.583. The maximum atomic E-state index is 5.65. The zero-order chi connectivity index (χ0) is 7.40. The molecule has 1 heterocycles. The normalized spacial score (nSPS) is 9.80. The SMILES string of the molecule is COCc1nccnc1Cl. The summed E-state index contributed by atoms with van der Waals surface area (Å²) in [6.45, 7) is 0.409. The van der Waals surface area contributed by atoms with Gasteiger partial charge in [-0.05, 0) is 0 Å². The molecule has 0 bridgehead atoms. The second-order valence-electron chi connectivity index (χ2n) is 1.73. The van der Waals surface area contributed by atoms with Gasteiger partial charge in [-0.3, -0.25) is 4.98 Å². The average molecular weight is 159 g/mol. The van der Waals surface area contributed by atoms with Gasteiger partial charge in [-0.1, -0.05) is 11.6 Å². The van der Waals surface area contributed by atoms with Gasteiger partial charge in [-0.25, -0.2) is 4.98 Å². The Morgan fingerprint density at radius 1 is 1.50 bits per heavy atom. The van der Waals surface area contributed by atoms with E-state index in [1.54, 1.807) is 19.5 Å². The van der Waals surface area contributed by atoms with Crippen molar-refractivity contribution in [1.82, 2.24) is 9.97 Å². The standard InChI is InChI=1S/C6H7ClN2O/c1-10-4-5-6(7)9-3-2-8-5/h2-3H,4H2,1H3. The molecule has 4 heteroatoms. The zero-order valence-corrected chi connectivity index (χ0v) is 6.30. The van der Waals surface area contributed by atoms with Crippen LogP contribution in [0.25, 0.3) is 0 Å². The molecular weight excluding hydrogens is 152 g/mol. The van der Waals surface area contributed by atoms with Crippen LogP contribution in [0.15, 0.2) is 12.4 Å². The minimum atomic E-state index is 0.407. The monoisotopic (exact) mass is 158 g/mol. The lowest BCUT2D eigenvalue weighted by Gasteiger charge is -1.97. The van der Waals surface area contributed by atoms with Crippen LogP contribution >= 0.6 is 11.6 Å². The number of rotatable bonds is 2. The van der Waals surface area contributed by atoms with Gasteiger partial charge in [0.05, 0.1) is 6.61 Å². The number of hydrogen-bond acceptors (Lipinski definition) is 3. The lowest BCUT2D eigenvalue weighted by molar-refractivity contribution is 0.181. The third kappa shape index (κ3) is 1.65. The Bertz CT molecular complexity index is 217. The van der Waals surface area contributed by atoms with Crippen molar-refractivity contribution < 1.29 is 4.74 Å². The first kappa shape index (κ1) is 7.44. The summed E-state index contributed by atoms with van der Waals surface area (Å²) in [5.74, 6) is 0. The molecular formula is C6H7ClN2O. The van der Waals surface area contributed by atoms with E-state index in [-0.39, 0.29) is 0 Å². The second-order valence-corrected chi connectivity index (χ2v) is 2.08. The third-order valence-corrected chi connectivity index (χ3v) is 1.32. The van der Waals surface area contributed by atoms with Crippen LogP contribution in [0.3, 0.4) is 0 Å². The molecule has 3 nitrogen and oxygen atoms in total. The van der Waals surface area contributed by atoms with Gasteiger partial charge in [0.15, 0.2) is 5.15 Å². The van der Waals surface area contributed by atoms with Crippen LogP contribution in [-0.4, -0.2) is 17.1 Å². The van der Waals surface area contributed by atoms with E-state index in [4.69, 9.17) is 16.3 Å². The van der Waals surface area contributed by atoms with Crippen LogP contribution in [0.1, 0.15) is 5.69 Å². The molecule has 0 aliphatic carbocycles. The van der Waals surface area contributed by atoms with E-state index in [0.29, 0.717) is 17.5 Å². The van der Waals surface area contributed by atoms with Crippen LogP contribution < -0.4 is 0 Å². The van der Waals surface area contributed by atoms with Gasteiger partial charge in [-0.15, -0.1) is 0 Å². The molecule has 0 aliphatic heterocycles. The van der Waals surface area contributed by atoms with Crippen molar-refractivity contribution in [1.29, 1.82) is 0 Å². The summed E-state index contributed by atoms with van der Waals surface area (Å²) < 4.78 is 4.82. The van der Waals surface area contributed by atoms with Crippen LogP contribution in [0, 0.1) is 0 Å². The van der Waals surface area contributed by atoms with Gasteiger partial charge < -0.3 is 4.74 Å². The minimum absolute atomic E-state index is 0.407. The van der Waals surface area contributed by atoms with E-state index >= 15 is 0 Å². The fourth-order valence-corrected chi connectivity index (χ4v) is 0.743. The van der Waals surface area contributed by atoms with Crippen LogP contribution in [0.2, 0.25) is 5.15 Å². The average Bonchev–Trinajstić information content (AvgIpc) is 1.94. The molecule has 0 unspecified atom stereocenters. The van der Waals surface area contributed by atoms with E-state index in [2.05, 4.69) is 9.97 Å². The molecule has 0 atom stereocenters. The van der Waals surface area contributed by atoms with Crippen molar-refractivity contribution in [3.8, 4) is 0 Å².